The monoisotopic (exact) mass is 584 g/mol. The first-order chi connectivity index (χ1) is 15.6. The third kappa shape index (κ3) is 5.46. The predicted octanol–water partition coefficient (Wildman–Crippen LogP) is 5.32. The van der Waals surface area contributed by atoms with Crippen molar-refractivity contribution < 1.29 is 23.8 Å². The molecule has 176 valence electrons. The lowest BCUT2D eigenvalue weighted by Gasteiger charge is -2.26. The third-order valence-electron chi connectivity index (χ3n) is 5.54. The highest BCUT2D eigenvalue weighted by atomic mass is 127. The van der Waals surface area contributed by atoms with E-state index in [1.54, 1.807) is 6.07 Å². The number of nitrogens with zero attached hydrogens (tertiary/aromatic N) is 4. The molecule has 8 nitrogen and oxygen atoms in total. The Kier molecular flexibility index (Phi) is 6.91. The van der Waals surface area contributed by atoms with Crippen LogP contribution >= 0.6 is 22.6 Å². The summed E-state index contributed by atoms with van der Waals surface area (Å²) >= 11 is 2.18. The molecule has 2 aromatic heterocycles. The van der Waals surface area contributed by atoms with E-state index in [2.05, 4.69) is 52.2 Å². The number of hydrogen-bond donors (Lipinski definition) is 1. The van der Waals surface area contributed by atoms with Crippen molar-refractivity contribution in [3.8, 4) is 11.6 Å². The highest BCUT2D eigenvalue weighted by Gasteiger charge is 2.23. The second-order valence-electron chi connectivity index (χ2n) is 9.28. The van der Waals surface area contributed by atoms with Gasteiger partial charge in [0.1, 0.15) is 18.7 Å². The smallest absolute Gasteiger partial charge is 0.407 e. The van der Waals surface area contributed by atoms with E-state index in [1.165, 1.54) is 17.3 Å². The molecule has 0 saturated heterocycles. The van der Waals surface area contributed by atoms with E-state index in [9.17, 15) is 14.3 Å². The SMILES string of the molecule is C[Si](C)(C)CCOCn1cc(I)c2c(Oc3cc4c(cc3F)CCN(C(=O)O)C4)ncnc21. The molecule has 0 spiro atoms. The van der Waals surface area contributed by atoms with Gasteiger partial charge in [0.15, 0.2) is 11.6 Å². The summed E-state index contributed by atoms with van der Waals surface area (Å²) in [6.45, 7) is 8.51. The van der Waals surface area contributed by atoms with Gasteiger partial charge in [0, 0.05) is 37.5 Å². The van der Waals surface area contributed by atoms with Crippen molar-refractivity contribution in [2.75, 3.05) is 13.2 Å². The van der Waals surface area contributed by atoms with Gasteiger partial charge in [0.25, 0.3) is 0 Å². The molecule has 0 radical (unpaired) electrons. The number of hydrogen-bond acceptors (Lipinski definition) is 5. The second kappa shape index (κ2) is 9.55. The molecular formula is C22H26FIN4O4Si. The van der Waals surface area contributed by atoms with Crippen molar-refractivity contribution >= 4 is 47.8 Å². The van der Waals surface area contributed by atoms with Crippen LogP contribution in [0.5, 0.6) is 11.6 Å². The van der Waals surface area contributed by atoms with Crippen molar-refractivity contribution in [3.05, 3.63) is 45.2 Å². The van der Waals surface area contributed by atoms with Gasteiger partial charge in [-0.05, 0) is 58.3 Å². The number of benzene rings is 1. The summed E-state index contributed by atoms with van der Waals surface area (Å²) in [5.74, 6) is -0.251. The van der Waals surface area contributed by atoms with Crippen LogP contribution in [0.25, 0.3) is 11.0 Å². The molecule has 0 bridgehead atoms. The van der Waals surface area contributed by atoms with Crippen LogP contribution in [0.2, 0.25) is 25.7 Å². The van der Waals surface area contributed by atoms with Crippen LogP contribution in [0, 0.1) is 9.39 Å². The molecule has 33 heavy (non-hydrogen) atoms. The zero-order valence-electron chi connectivity index (χ0n) is 18.8. The molecule has 11 heteroatoms. The number of aromatic nitrogens is 3. The quantitative estimate of drug-likeness (QED) is 0.230. The molecule has 1 aliphatic heterocycles. The minimum atomic E-state index is -1.18. The Morgan fingerprint density at radius 3 is 2.79 bits per heavy atom. The standard InChI is InChI=1S/C22H26FIN4O4Si/c1-33(2,3)7-6-31-13-28-11-17(24)19-20(28)25-12-26-21(19)32-18-9-15-10-27(22(29)30)5-4-14(15)8-16(18)23/h8-9,11-12H,4-7,10,13H2,1-3H3,(H,29,30). The van der Waals surface area contributed by atoms with Crippen LogP contribution in [-0.4, -0.2) is 51.9 Å². The number of amides is 1. The van der Waals surface area contributed by atoms with Crippen molar-refractivity contribution in [1.82, 2.24) is 19.4 Å². The number of ether oxygens (including phenoxy) is 2. The number of carboxylic acid groups (broad SMARTS) is 1. The lowest BCUT2D eigenvalue weighted by molar-refractivity contribution is 0.0898. The lowest BCUT2D eigenvalue weighted by Crippen LogP contribution is -2.34. The minimum absolute atomic E-state index is 0.0101. The zero-order chi connectivity index (χ0) is 23.8. The first-order valence-corrected chi connectivity index (χ1v) is 15.4. The minimum Gasteiger partial charge on any atom is -0.465 e. The molecule has 0 unspecified atom stereocenters. The fourth-order valence-corrected chi connectivity index (χ4v) is 5.23. The summed E-state index contributed by atoms with van der Waals surface area (Å²) in [6.07, 6.45) is 2.77. The number of carbonyl (C=O) groups is 1. The molecule has 0 aliphatic carbocycles. The molecule has 1 amide bonds. The zero-order valence-corrected chi connectivity index (χ0v) is 21.9. The summed E-state index contributed by atoms with van der Waals surface area (Å²) in [6, 6.07) is 4.06. The van der Waals surface area contributed by atoms with Crippen molar-refractivity contribution in [3.63, 3.8) is 0 Å². The third-order valence-corrected chi connectivity index (χ3v) is 8.06. The van der Waals surface area contributed by atoms with Gasteiger partial charge in [-0.3, -0.25) is 0 Å². The van der Waals surface area contributed by atoms with E-state index in [0.29, 0.717) is 37.3 Å². The Morgan fingerprint density at radius 2 is 2.06 bits per heavy atom. The molecule has 1 aromatic carbocycles. The van der Waals surface area contributed by atoms with E-state index in [4.69, 9.17) is 9.47 Å². The van der Waals surface area contributed by atoms with E-state index >= 15 is 0 Å². The van der Waals surface area contributed by atoms with Crippen LogP contribution < -0.4 is 4.74 Å². The fourth-order valence-electron chi connectivity index (χ4n) is 3.67. The molecule has 1 N–H and O–H groups in total. The second-order valence-corrected chi connectivity index (χ2v) is 16.1. The average molecular weight is 584 g/mol. The molecule has 3 aromatic rings. The average Bonchev–Trinajstić information content (AvgIpc) is 3.07. The number of rotatable bonds is 7. The topological polar surface area (TPSA) is 89.7 Å². The van der Waals surface area contributed by atoms with Crippen LogP contribution in [0.4, 0.5) is 9.18 Å². The van der Waals surface area contributed by atoms with Gasteiger partial charge < -0.3 is 24.0 Å². The van der Waals surface area contributed by atoms with E-state index in [0.717, 1.165) is 20.7 Å². The summed E-state index contributed by atoms with van der Waals surface area (Å²) in [5, 5.41) is 9.96. The maximum Gasteiger partial charge on any atom is 0.407 e. The van der Waals surface area contributed by atoms with Gasteiger partial charge >= 0.3 is 6.09 Å². The fraction of sp³-hybridized carbons (Fsp3) is 0.409. The van der Waals surface area contributed by atoms with E-state index in [-0.39, 0.29) is 18.2 Å². The van der Waals surface area contributed by atoms with E-state index < -0.39 is 20.0 Å². The Hall–Kier alpha value is -2.25. The summed E-state index contributed by atoms with van der Waals surface area (Å²) in [4.78, 5) is 21.3. The van der Waals surface area contributed by atoms with Gasteiger partial charge in [-0.15, -0.1) is 0 Å². The van der Waals surface area contributed by atoms with E-state index in [1.807, 2.05) is 10.8 Å². The molecule has 1 aliphatic rings. The maximum absolute atomic E-state index is 14.8. The molecule has 0 atom stereocenters. The molecular weight excluding hydrogens is 558 g/mol. The number of fused-ring (bicyclic) bond motifs is 2. The first-order valence-electron chi connectivity index (χ1n) is 10.7. The van der Waals surface area contributed by atoms with Crippen molar-refractivity contribution in [1.29, 1.82) is 0 Å². The van der Waals surface area contributed by atoms with Gasteiger partial charge in [-0.1, -0.05) is 19.6 Å². The Bertz CT molecular complexity index is 1200. The van der Waals surface area contributed by atoms with Gasteiger partial charge in [0.2, 0.25) is 5.88 Å². The van der Waals surface area contributed by atoms with Gasteiger partial charge in [-0.2, -0.15) is 0 Å². The highest BCUT2D eigenvalue weighted by Crippen LogP contribution is 2.34. The predicted molar refractivity (Wildman–Crippen MR) is 133 cm³/mol. The highest BCUT2D eigenvalue weighted by molar-refractivity contribution is 14.1. The summed E-state index contributed by atoms with van der Waals surface area (Å²) in [7, 11) is -1.18. The first kappa shape index (κ1) is 23.9. The summed E-state index contributed by atoms with van der Waals surface area (Å²) < 4.78 is 29.3. The van der Waals surface area contributed by atoms with Gasteiger partial charge in [-0.25, -0.2) is 19.2 Å². The van der Waals surface area contributed by atoms with Crippen LogP contribution in [-0.2, 0) is 24.4 Å². The molecule has 0 saturated carbocycles. The molecule has 3 heterocycles. The molecule has 0 fully saturated rings. The van der Waals surface area contributed by atoms with Crippen LogP contribution in [0.1, 0.15) is 11.1 Å². The van der Waals surface area contributed by atoms with Crippen molar-refractivity contribution in [2.24, 2.45) is 0 Å². The van der Waals surface area contributed by atoms with Crippen molar-refractivity contribution in [2.45, 2.75) is 45.4 Å². The van der Waals surface area contributed by atoms with Crippen LogP contribution in [0.3, 0.4) is 0 Å². The Labute approximate surface area is 205 Å². The Balaban J connectivity index is 1.58. The molecule has 4 rings (SSSR count). The summed E-state index contributed by atoms with van der Waals surface area (Å²) in [5.41, 5.74) is 2.17. The maximum atomic E-state index is 14.8. The van der Waals surface area contributed by atoms with Crippen LogP contribution in [0.15, 0.2) is 24.7 Å². The number of halogens is 2. The lowest BCUT2D eigenvalue weighted by atomic mass is 9.99. The Morgan fingerprint density at radius 1 is 1.27 bits per heavy atom. The van der Waals surface area contributed by atoms with Gasteiger partial charge in [0.05, 0.1) is 5.39 Å². The normalized spacial score (nSPS) is 13.9. The largest absolute Gasteiger partial charge is 0.465 e.